The number of rotatable bonds is 6. The Balaban J connectivity index is 1.45. The van der Waals surface area contributed by atoms with Gasteiger partial charge in [-0.05, 0) is 49.6 Å². The minimum absolute atomic E-state index is 0.0548. The maximum absolute atomic E-state index is 13.8. The summed E-state index contributed by atoms with van der Waals surface area (Å²) in [6.45, 7) is 2.46. The maximum Gasteiger partial charge on any atom is 0.240 e. The van der Waals surface area contributed by atoms with E-state index in [4.69, 9.17) is 21.1 Å². The molecule has 12 heteroatoms. The number of aliphatic hydroxyl groups is 3. The van der Waals surface area contributed by atoms with Gasteiger partial charge in [0.25, 0.3) is 0 Å². The predicted octanol–water partition coefficient (Wildman–Crippen LogP) is 1.10. The standard InChI is InChI=1S/C24H33ClF2N2O6S/c1-10(25)16(22-19(31)18(30)20(32)24(35-22)36-2)29-23(33)17-21-13(9-28-17)5-11(3-4-34-21)12-6-14(26)8-15(27)7-12/h6-8,10-11,13,16-22,24,28,30-32H,3-5,9H2,1-2H3,(H,29,33)/t10-,11-,13-,16+,17-,18?,19?,20+,21+,22+,24?/m0/s1. The number of amides is 1. The fourth-order valence-electron chi connectivity index (χ4n) is 5.50. The molecule has 11 atom stereocenters. The van der Waals surface area contributed by atoms with Crippen molar-refractivity contribution in [3.8, 4) is 0 Å². The van der Waals surface area contributed by atoms with Crippen LogP contribution in [0.3, 0.4) is 0 Å². The molecule has 0 aliphatic carbocycles. The summed E-state index contributed by atoms with van der Waals surface area (Å²) in [6.07, 6.45) is -2.83. The number of hydrogen-bond donors (Lipinski definition) is 5. The van der Waals surface area contributed by atoms with Crippen molar-refractivity contribution in [1.29, 1.82) is 0 Å². The van der Waals surface area contributed by atoms with Crippen LogP contribution in [0.25, 0.3) is 0 Å². The van der Waals surface area contributed by atoms with Gasteiger partial charge in [-0.2, -0.15) is 0 Å². The topological polar surface area (TPSA) is 120 Å². The first kappa shape index (κ1) is 28.0. The first-order chi connectivity index (χ1) is 17.1. The second-order valence-electron chi connectivity index (χ2n) is 9.79. The molecule has 3 aliphatic heterocycles. The monoisotopic (exact) mass is 550 g/mol. The lowest BCUT2D eigenvalue weighted by Crippen LogP contribution is -2.65. The number of ether oxygens (including phenoxy) is 2. The van der Waals surface area contributed by atoms with Crippen LogP contribution in [0.4, 0.5) is 8.78 Å². The SMILES string of the molecule is CSC1O[C@H]([C@H](NC(=O)[C@H]2NC[C@@H]3C[C@@H](c4cc(F)cc(F)c4)CCO[C@H]32)[C@H](C)Cl)C(O)C(O)[C@H]1O. The van der Waals surface area contributed by atoms with E-state index in [1.807, 2.05) is 0 Å². The Kier molecular flexibility index (Phi) is 9.15. The normalized spacial score (nSPS) is 38.6. The van der Waals surface area contributed by atoms with Gasteiger partial charge in [0.1, 0.15) is 47.5 Å². The number of benzene rings is 1. The van der Waals surface area contributed by atoms with Crippen LogP contribution in [-0.2, 0) is 14.3 Å². The summed E-state index contributed by atoms with van der Waals surface area (Å²) in [5.74, 6) is -1.80. The highest BCUT2D eigenvalue weighted by Crippen LogP contribution is 2.37. The van der Waals surface area contributed by atoms with E-state index in [-0.39, 0.29) is 11.8 Å². The molecule has 0 bridgehead atoms. The van der Waals surface area contributed by atoms with Crippen LogP contribution in [0.2, 0.25) is 0 Å². The molecule has 3 saturated heterocycles. The number of nitrogens with one attached hydrogen (secondary N) is 2. The van der Waals surface area contributed by atoms with Gasteiger partial charge in [-0.15, -0.1) is 23.4 Å². The van der Waals surface area contributed by atoms with Crippen molar-refractivity contribution in [3.05, 3.63) is 35.4 Å². The molecule has 5 N–H and O–H groups in total. The van der Waals surface area contributed by atoms with Crippen molar-refractivity contribution in [2.75, 3.05) is 19.4 Å². The molecule has 202 valence electrons. The van der Waals surface area contributed by atoms with Crippen molar-refractivity contribution in [2.24, 2.45) is 5.92 Å². The summed E-state index contributed by atoms with van der Waals surface area (Å²) in [4.78, 5) is 13.3. The predicted molar refractivity (Wildman–Crippen MR) is 131 cm³/mol. The van der Waals surface area contributed by atoms with E-state index in [1.54, 1.807) is 13.2 Å². The van der Waals surface area contributed by atoms with E-state index in [0.29, 0.717) is 31.6 Å². The van der Waals surface area contributed by atoms with Crippen LogP contribution < -0.4 is 10.6 Å². The maximum atomic E-state index is 13.8. The van der Waals surface area contributed by atoms with Gasteiger partial charge < -0.3 is 35.4 Å². The molecule has 0 saturated carbocycles. The molecule has 1 aromatic carbocycles. The molecule has 8 nitrogen and oxygen atoms in total. The van der Waals surface area contributed by atoms with Gasteiger partial charge in [0.05, 0.1) is 17.5 Å². The van der Waals surface area contributed by atoms with Gasteiger partial charge in [0, 0.05) is 25.1 Å². The van der Waals surface area contributed by atoms with Crippen LogP contribution in [-0.4, -0.2) is 94.1 Å². The minimum Gasteiger partial charge on any atom is -0.388 e. The van der Waals surface area contributed by atoms with Crippen molar-refractivity contribution in [1.82, 2.24) is 10.6 Å². The van der Waals surface area contributed by atoms with Gasteiger partial charge >= 0.3 is 0 Å². The summed E-state index contributed by atoms with van der Waals surface area (Å²) < 4.78 is 39.4. The van der Waals surface area contributed by atoms with Crippen LogP contribution >= 0.6 is 23.4 Å². The zero-order valence-electron chi connectivity index (χ0n) is 20.0. The van der Waals surface area contributed by atoms with Crippen LogP contribution in [0.5, 0.6) is 0 Å². The number of carbonyl (C=O) groups excluding carboxylic acids is 1. The third kappa shape index (κ3) is 5.83. The highest BCUT2D eigenvalue weighted by molar-refractivity contribution is 7.99. The number of aliphatic hydroxyl groups excluding tert-OH is 3. The number of carbonyl (C=O) groups is 1. The lowest BCUT2D eigenvalue weighted by Gasteiger charge is -2.44. The van der Waals surface area contributed by atoms with Crippen LogP contribution in [0.1, 0.15) is 31.2 Å². The molecular formula is C24H33ClF2N2O6S. The summed E-state index contributed by atoms with van der Waals surface area (Å²) >= 11 is 7.55. The van der Waals surface area contributed by atoms with E-state index in [2.05, 4.69) is 10.6 Å². The Hall–Kier alpha value is -1.05. The summed E-state index contributed by atoms with van der Waals surface area (Å²) in [7, 11) is 0. The van der Waals surface area contributed by atoms with Gasteiger partial charge in [-0.3, -0.25) is 4.79 Å². The number of alkyl halides is 1. The summed E-state index contributed by atoms with van der Waals surface area (Å²) in [5, 5.41) is 36.4. The van der Waals surface area contributed by atoms with Crippen molar-refractivity contribution in [3.63, 3.8) is 0 Å². The lowest BCUT2D eigenvalue weighted by molar-refractivity contribution is -0.205. The first-order valence-corrected chi connectivity index (χ1v) is 13.8. The van der Waals surface area contributed by atoms with E-state index in [9.17, 15) is 28.9 Å². The molecule has 0 aromatic heterocycles. The highest BCUT2D eigenvalue weighted by atomic mass is 35.5. The molecule has 3 aliphatic rings. The molecule has 36 heavy (non-hydrogen) atoms. The largest absolute Gasteiger partial charge is 0.388 e. The van der Waals surface area contributed by atoms with Crippen molar-refractivity contribution >= 4 is 29.3 Å². The summed E-state index contributed by atoms with van der Waals surface area (Å²) in [5.41, 5.74) is -0.222. The van der Waals surface area contributed by atoms with E-state index >= 15 is 0 Å². The number of thioether (sulfide) groups is 1. The Morgan fingerprint density at radius 1 is 1.19 bits per heavy atom. The molecular weight excluding hydrogens is 518 g/mol. The van der Waals surface area contributed by atoms with E-state index in [1.165, 1.54) is 23.9 Å². The third-order valence-electron chi connectivity index (χ3n) is 7.39. The van der Waals surface area contributed by atoms with Crippen molar-refractivity contribution < 1.29 is 38.4 Å². The Morgan fingerprint density at radius 3 is 2.53 bits per heavy atom. The van der Waals surface area contributed by atoms with Gasteiger partial charge in [-0.25, -0.2) is 8.78 Å². The quantitative estimate of drug-likeness (QED) is 0.334. The third-order valence-corrected chi connectivity index (χ3v) is 8.52. The highest BCUT2D eigenvalue weighted by Gasteiger charge is 2.49. The smallest absolute Gasteiger partial charge is 0.240 e. The Bertz CT molecular complexity index is 910. The Morgan fingerprint density at radius 2 is 1.89 bits per heavy atom. The number of fused-ring (bicyclic) bond motifs is 1. The van der Waals surface area contributed by atoms with Gasteiger partial charge in [0.2, 0.25) is 5.91 Å². The molecule has 1 amide bonds. The van der Waals surface area contributed by atoms with Crippen LogP contribution in [0, 0.1) is 17.6 Å². The molecule has 0 spiro atoms. The summed E-state index contributed by atoms with van der Waals surface area (Å²) in [6, 6.07) is 1.97. The van der Waals surface area contributed by atoms with Crippen molar-refractivity contribution in [2.45, 2.75) is 79.1 Å². The minimum atomic E-state index is -1.46. The molecule has 4 rings (SSSR count). The molecule has 3 fully saturated rings. The average molecular weight is 551 g/mol. The van der Waals surface area contributed by atoms with Crippen LogP contribution in [0.15, 0.2) is 18.2 Å². The molecule has 3 heterocycles. The van der Waals surface area contributed by atoms with E-state index in [0.717, 1.165) is 6.07 Å². The average Bonchev–Trinajstić information content (AvgIpc) is 3.10. The second kappa shape index (κ2) is 11.8. The van der Waals surface area contributed by atoms with Gasteiger partial charge in [-0.1, -0.05) is 0 Å². The molecule has 3 unspecified atom stereocenters. The first-order valence-electron chi connectivity index (χ1n) is 12.1. The Labute approximate surface area is 218 Å². The number of halogens is 3. The molecule has 1 aromatic rings. The zero-order valence-corrected chi connectivity index (χ0v) is 21.6. The fraction of sp³-hybridized carbons (Fsp3) is 0.708. The number of hydrogen-bond acceptors (Lipinski definition) is 8. The van der Waals surface area contributed by atoms with E-state index < -0.39 is 71.0 Å². The zero-order chi connectivity index (χ0) is 26.1. The second-order valence-corrected chi connectivity index (χ2v) is 11.4. The molecule has 0 radical (unpaired) electrons. The fourth-order valence-corrected chi connectivity index (χ4v) is 6.38. The lowest BCUT2D eigenvalue weighted by atomic mass is 9.85. The van der Waals surface area contributed by atoms with Gasteiger partial charge in [0.15, 0.2) is 0 Å².